The number of benzene rings is 1. The molecule has 2 amide bonds. The number of likely N-dealkylation sites (tertiary alicyclic amines) is 1. The van der Waals surface area contributed by atoms with E-state index in [1.807, 2.05) is 51.2 Å². The van der Waals surface area contributed by atoms with Crippen LogP contribution in [0.5, 0.6) is 0 Å². The third-order valence-electron chi connectivity index (χ3n) is 5.07. The number of rotatable bonds is 2. The van der Waals surface area contributed by atoms with E-state index in [4.69, 9.17) is 0 Å². The first-order valence-corrected chi connectivity index (χ1v) is 11.0. The van der Waals surface area contributed by atoms with E-state index in [2.05, 4.69) is 12.1 Å². The van der Waals surface area contributed by atoms with Gasteiger partial charge in [-0.05, 0) is 48.6 Å². The fraction of sp³-hybridized carbons (Fsp3) is 0.400. The quantitative estimate of drug-likeness (QED) is 0.779. The summed E-state index contributed by atoms with van der Waals surface area (Å²) in [5.41, 5.74) is 1.05. The van der Waals surface area contributed by atoms with Gasteiger partial charge in [0.15, 0.2) is 0 Å². The molecule has 4 rings (SSSR count). The smallest absolute Gasteiger partial charge is 0.263 e. The molecular formula is C20H22N2O2S2. The predicted molar refractivity (Wildman–Crippen MR) is 107 cm³/mol. The fourth-order valence-electron chi connectivity index (χ4n) is 3.66. The predicted octanol–water partition coefficient (Wildman–Crippen LogP) is 4.13. The van der Waals surface area contributed by atoms with Crippen molar-refractivity contribution < 1.29 is 9.59 Å². The number of thiophene rings is 1. The van der Waals surface area contributed by atoms with Gasteiger partial charge < -0.3 is 9.80 Å². The van der Waals surface area contributed by atoms with Gasteiger partial charge in [-0.2, -0.15) is 0 Å². The zero-order chi connectivity index (χ0) is 17.9. The van der Waals surface area contributed by atoms with Crippen molar-refractivity contribution in [2.24, 2.45) is 5.92 Å². The Morgan fingerprint density at radius 1 is 1.00 bits per heavy atom. The van der Waals surface area contributed by atoms with Gasteiger partial charge >= 0.3 is 0 Å². The minimum absolute atomic E-state index is 0.0125. The molecule has 0 radical (unpaired) electrons. The lowest BCUT2D eigenvalue weighted by molar-refractivity contribution is -0.123. The van der Waals surface area contributed by atoms with Crippen LogP contribution in [0, 0.1) is 5.92 Å². The zero-order valence-corrected chi connectivity index (χ0v) is 16.2. The zero-order valence-electron chi connectivity index (χ0n) is 14.6. The molecule has 2 aliphatic rings. The summed E-state index contributed by atoms with van der Waals surface area (Å²) in [6, 6.07) is 12.0. The molecule has 1 fully saturated rings. The second-order valence-corrected chi connectivity index (χ2v) is 8.79. The summed E-state index contributed by atoms with van der Waals surface area (Å²) >= 11 is 3.31. The molecule has 4 nitrogen and oxygen atoms in total. The molecule has 0 N–H and O–H groups in total. The number of piperidine rings is 1. The van der Waals surface area contributed by atoms with E-state index in [1.165, 1.54) is 16.2 Å². The van der Waals surface area contributed by atoms with Crippen molar-refractivity contribution in [1.29, 1.82) is 0 Å². The van der Waals surface area contributed by atoms with Crippen molar-refractivity contribution in [3.8, 4) is 0 Å². The highest BCUT2D eigenvalue weighted by Gasteiger charge is 2.32. The van der Waals surface area contributed by atoms with Crippen molar-refractivity contribution in [3.05, 3.63) is 46.7 Å². The van der Waals surface area contributed by atoms with Gasteiger partial charge in [0.2, 0.25) is 5.91 Å². The van der Waals surface area contributed by atoms with Gasteiger partial charge in [0.05, 0.1) is 10.6 Å². The van der Waals surface area contributed by atoms with Crippen LogP contribution in [0.3, 0.4) is 0 Å². The fourth-order valence-corrected chi connectivity index (χ4v) is 5.35. The Kier molecular flexibility index (Phi) is 5.31. The van der Waals surface area contributed by atoms with E-state index >= 15 is 0 Å². The maximum atomic E-state index is 13.2. The average Bonchev–Trinajstić information content (AvgIpc) is 3.14. The number of nitrogens with zero attached hydrogens (tertiary/aromatic N) is 2. The van der Waals surface area contributed by atoms with Crippen LogP contribution in [0.2, 0.25) is 0 Å². The van der Waals surface area contributed by atoms with Crippen LogP contribution in [0.1, 0.15) is 28.9 Å². The van der Waals surface area contributed by atoms with Gasteiger partial charge in [0.1, 0.15) is 0 Å². The lowest BCUT2D eigenvalue weighted by Gasteiger charge is -2.34. The molecular weight excluding hydrogens is 364 g/mol. The number of anilines is 1. The molecule has 1 aromatic heterocycles. The van der Waals surface area contributed by atoms with Crippen LogP contribution in [0.4, 0.5) is 5.69 Å². The van der Waals surface area contributed by atoms with Gasteiger partial charge in [-0.3, -0.25) is 9.59 Å². The van der Waals surface area contributed by atoms with Gasteiger partial charge in [-0.1, -0.05) is 18.2 Å². The Labute approximate surface area is 162 Å². The SMILES string of the molecule is O=C(c1cccs1)N1CCC(C(=O)N2CCCSc3ccccc32)CC1. The summed E-state index contributed by atoms with van der Waals surface area (Å²) in [5, 5.41) is 1.93. The lowest BCUT2D eigenvalue weighted by atomic mass is 9.94. The molecule has 0 atom stereocenters. The van der Waals surface area contributed by atoms with Gasteiger partial charge in [0, 0.05) is 30.4 Å². The third kappa shape index (κ3) is 3.53. The molecule has 2 aromatic rings. The topological polar surface area (TPSA) is 40.6 Å². The van der Waals surface area contributed by atoms with Crippen molar-refractivity contribution >= 4 is 40.6 Å². The second kappa shape index (κ2) is 7.84. The van der Waals surface area contributed by atoms with E-state index in [0.717, 1.165) is 42.1 Å². The van der Waals surface area contributed by atoms with Crippen LogP contribution in [0.25, 0.3) is 0 Å². The Morgan fingerprint density at radius 2 is 1.81 bits per heavy atom. The first-order chi connectivity index (χ1) is 12.7. The van der Waals surface area contributed by atoms with Crippen molar-refractivity contribution in [2.75, 3.05) is 30.3 Å². The van der Waals surface area contributed by atoms with E-state index in [1.54, 1.807) is 0 Å². The Hall–Kier alpha value is -1.79. The first kappa shape index (κ1) is 17.6. The number of amides is 2. The molecule has 3 heterocycles. The highest BCUT2D eigenvalue weighted by molar-refractivity contribution is 7.99. The van der Waals surface area contributed by atoms with Crippen molar-refractivity contribution in [1.82, 2.24) is 4.90 Å². The largest absolute Gasteiger partial charge is 0.338 e. The van der Waals surface area contributed by atoms with Crippen molar-refractivity contribution in [2.45, 2.75) is 24.2 Å². The standard InChI is InChI=1S/C20H22N2O2S2/c23-19(22-10-4-14-25-17-6-2-1-5-16(17)22)15-8-11-21(12-9-15)20(24)18-7-3-13-26-18/h1-3,5-7,13,15H,4,8-12,14H2. The second-order valence-electron chi connectivity index (χ2n) is 6.70. The summed E-state index contributed by atoms with van der Waals surface area (Å²) in [5.74, 6) is 1.39. The molecule has 1 aromatic carbocycles. The molecule has 1 saturated heterocycles. The summed E-state index contributed by atoms with van der Waals surface area (Å²) in [7, 11) is 0. The highest BCUT2D eigenvalue weighted by atomic mass is 32.2. The normalized spacial score (nSPS) is 18.3. The number of carbonyl (C=O) groups excluding carboxylic acids is 2. The molecule has 0 bridgehead atoms. The minimum Gasteiger partial charge on any atom is -0.338 e. The van der Waals surface area contributed by atoms with Crippen LogP contribution in [0.15, 0.2) is 46.7 Å². The van der Waals surface area contributed by atoms with Crippen LogP contribution < -0.4 is 4.90 Å². The summed E-state index contributed by atoms with van der Waals surface area (Å²) < 4.78 is 0. The van der Waals surface area contributed by atoms with E-state index < -0.39 is 0 Å². The minimum atomic E-state index is 0.0125. The first-order valence-electron chi connectivity index (χ1n) is 9.10. The van der Waals surface area contributed by atoms with Gasteiger partial charge in [0.25, 0.3) is 5.91 Å². The Bertz CT molecular complexity index is 783. The van der Waals surface area contributed by atoms with Gasteiger partial charge in [-0.15, -0.1) is 23.1 Å². The van der Waals surface area contributed by atoms with Crippen LogP contribution in [-0.2, 0) is 4.79 Å². The monoisotopic (exact) mass is 386 g/mol. The number of thioether (sulfide) groups is 1. The number of fused-ring (bicyclic) bond motifs is 1. The molecule has 6 heteroatoms. The molecule has 0 aliphatic carbocycles. The van der Waals surface area contributed by atoms with Crippen LogP contribution >= 0.6 is 23.1 Å². The molecule has 2 aliphatic heterocycles. The average molecular weight is 387 g/mol. The number of hydrogen-bond acceptors (Lipinski definition) is 4. The Morgan fingerprint density at radius 3 is 2.58 bits per heavy atom. The molecule has 0 saturated carbocycles. The van der Waals surface area contributed by atoms with E-state index in [9.17, 15) is 9.59 Å². The van der Waals surface area contributed by atoms with Crippen molar-refractivity contribution in [3.63, 3.8) is 0 Å². The van der Waals surface area contributed by atoms with E-state index in [0.29, 0.717) is 13.1 Å². The number of para-hydroxylation sites is 1. The number of hydrogen-bond donors (Lipinski definition) is 0. The summed E-state index contributed by atoms with van der Waals surface area (Å²) in [4.78, 5) is 31.5. The maximum Gasteiger partial charge on any atom is 0.263 e. The highest BCUT2D eigenvalue weighted by Crippen LogP contribution is 2.35. The molecule has 26 heavy (non-hydrogen) atoms. The van der Waals surface area contributed by atoms with Gasteiger partial charge in [-0.25, -0.2) is 0 Å². The summed E-state index contributed by atoms with van der Waals surface area (Å²) in [6.45, 7) is 2.12. The summed E-state index contributed by atoms with van der Waals surface area (Å²) in [6.07, 6.45) is 2.52. The molecule has 0 unspecified atom stereocenters. The number of carbonyl (C=O) groups is 2. The Balaban J connectivity index is 1.43. The third-order valence-corrected chi connectivity index (χ3v) is 7.08. The van der Waals surface area contributed by atoms with E-state index in [-0.39, 0.29) is 17.7 Å². The maximum absolute atomic E-state index is 13.2. The molecule has 136 valence electrons. The van der Waals surface area contributed by atoms with Crippen LogP contribution in [-0.4, -0.2) is 42.1 Å². The lowest BCUT2D eigenvalue weighted by Crippen LogP contribution is -2.44. The molecule has 0 spiro atoms.